The van der Waals surface area contributed by atoms with Gasteiger partial charge in [-0.2, -0.15) is 0 Å². The lowest BCUT2D eigenvalue weighted by Crippen LogP contribution is -2.32. The largest absolute Gasteiger partial charge is 0.410 e. The van der Waals surface area contributed by atoms with E-state index in [0.717, 1.165) is 0 Å². The molecule has 0 aliphatic rings. The second-order valence-electron chi connectivity index (χ2n) is 8.14. The summed E-state index contributed by atoms with van der Waals surface area (Å²) in [7, 11) is 0. The quantitative estimate of drug-likeness (QED) is 0.254. The van der Waals surface area contributed by atoms with E-state index in [9.17, 15) is 19.2 Å². The zero-order chi connectivity index (χ0) is 26.9. The van der Waals surface area contributed by atoms with E-state index < -0.39 is 29.7 Å². The van der Waals surface area contributed by atoms with E-state index in [4.69, 9.17) is 10.5 Å². The van der Waals surface area contributed by atoms with Gasteiger partial charge >= 0.3 is 6.09 Å². The number of nitrogens with two attached hydrogens (primary N) is 1. The van der Waals surface area contributed by atoms with Gasteiger partial charge in [0.05, 0.1) is 5.69 Å². The normalized spacial score (nSPS) is 10.3. The first kappa shape index (κ1) is 25.6. The summed E-state index contributed by atoms with van der Waals surface area (Å²) in [6.45, 7) is 0. The van der Waals surface area contributed by atoms with E-state index in [1.165, 1.54) is 18.2 Å². The first-order valence-corrected chi connectivity index (χ1v) is 11.6. The van der Waals surface area contributed by atoms with Crippen LogP contribution in [0.3, 0.4) is 0 Å². The smallest absolute Gasteiger partial charge is 0.408 e. The van der Waals surface area contributed by atoms with Crippen molar-refractivity contribution in [3.8, 4) is 5.75 Å². The molecule has 4 amide bonds. The predicted molar refractivity (Wildman–Crippen MR) is 144 cm³/mol. The number of anilines is 3. The van der Waals surface area contributed by atoms with Crippen LogP contribution in [-0.2, 0) is 9.59 Å². The number of para-hydroxylation sites is 4. The van der Waals surface area contributed by atoms with Crippen molar-refractivity contribution in [3.05, 3.63) is 120 Å². The van der Waals surface area contributed by atoms with Crippen molar-refractivity contribution in [2.45, 2.75) is 5.92 Å². The Morgan fingerprint density at radius 2 is 1.11 bits per heavy atom. The lowest BCUT2D eigenvalue weighted by Gasteiger charge is -2.18. The first-order valence-electron chi connectivity index (χ1n) is 11.6. The number of carbonyl (C=O) groups excluding carboxylic acids is 4. The minimum Gasteiger partial charge on any atom is -0.408 e. The third-order valence-electron chi connectivity index (χ3n) is 5.46. The maximum atomic E-state index is 13.2. The number of rotatable bonds is 8. The van der Waals surface area contributed by atoms with Crippen LogP contribution in [0, 0.1) is 0 Å². The summed E-state index contributed by atoms with van der Waals surface area (Å²) < 4.78 is 4.92. The molecule has 0 fully saturated rings. The molecule has 9 nitrogen and oxygen atoms in total. The Morgan fingerprint density at radius 3 is 1.63 bits per heavy atom. The van der Waals surface area contributed by atoms with Crippen LogP contribution in [0.1, 0.15) is 21.8 Å². The van der Waals surface area contributed by atoms with Crippen molar-refractivity contribution in [1.82, 2.24) is 0 Å². The Hall–Kier alpha value is -5.44. The van der Waals surface area contributed by atoms with Crippen LogP contribution < -0.4 is 26.4 Å². The van der Waals surface area contributed by atoms with Crippen LogP contribution in [0.15, 0.2) is 109 Å². The van der Waals surface area contributed by atoms with Gasteiger partial charge in [-0.25, -0.2) is 4.79 Å². The highest BCUT2D eigenvalue weighted by Gasteiger charge is 2.29. The molecule has 0 heterocycles. The molecule has 38 heavy (non-hydrogen) atoms. The topological polar surface area (TPSA) is 140 Å². The molecule has 0 saturated heterocycles. The first-order chi connectivity index (χ1) is 18.4. The predicted octanol–water partition coefficient (Wildman–Crippen LogP) is 4.76. The van der Waals surface area contributed by atoms with E-state index in [0.29, 0.717) is 16.9 Å². The molecule has 4 aromatic carbocycles. The highest BCUT2D eigenvalue weighted by atomic mass is 16.5. The summed E-state index contributed by atoms with van der Waals surface area (Å²) in [6.07, 6.45) is -1.01. The van der Waals surface area contributed by atoms with E-state index >= 15 is 0 Å². The maximum Gasteiger partial charge on any atom is 0.410 e. The molecule has 0 unspecified atom stereocenters. The van der Waals surface area contributed by atoms with Crippen molar-refractivity contribution < 1.29 is 23.9 Å². The van der Waals surface area contributed by atoms with Crippen LogP contribution in [0.5, 0.6) is 5.75 Å². The number of benzene rings is 4. The standard InChI is InChI=1S/C29H24N4O5/c30-29(37)38-24-14-8-7-13-23(24)33-26(34)20-17-15-19(16-18-20)25(27(35)31-21-9-3-1-4-10-21)28(36)32-22-11-5-2-6-12-22/h1-18,25H,(H2,30,37)(H,31,35)(H,32,36)(H,33,34). The average Bonchev–Trinajstić information content (AvgIpc) is 2.91. The molecule has 0 radical (unpaired) electrons. The Kier molecular flexibility index (Phi) is 8.10. The Bertz CT molecular complexity index is 1390. The Balaban J connectivity index is 1.56. The third kappa shape index (κ3) is 6.61. The number of nitrogens with one attached hydrogen (secondary N) is 3. The van der Waals surface area contributed by atoms with Crippen molar-refractivity contribution in [1.29, 1.82) is 0 Å². The summed E-state index contributed by atoms with van der Waals surface area (Å²) in [6, 6.07) is 30.0. The second kappa shape index (κ2) is 12.0. The Morgan fingerprint density at radius 1 is 0.605 bits per heavy atom. The second-order valence-corrected chi connectivity index (χ2v) is 8.14. The van der Waals surface area contributed by atoms with Gasteiger partial charge < -0.3 is 26.4 Å². The fourth-order valence-electron chi connectivity index (χ4n) is 3.68. The van der Waals surface area contributed by atoms with Gasteiger partial charge in [0.15, 0.2) is 5.75 Å². The number of amides is 4. The SMILES string of the molecule is NC(=O)Oc1ccccc1NC(=O)c1ccc(C(C(=O)Nc2ccccc2)C(=O)Nc2ccccc2)cc1. The van der Waals surface area contributed by atoms with Crippen LogP contribution in [0.4, 0.5) is 21.9 Å². The van der Waals surface area contributed by atoms with Crippen LogP contribution in [-0.4, -0.2) is 23.8 Å². The average molecular weight is 509 g/mol. The van der Waals surface area contributed by atoms with Crippen molar-refractivity contribution in [3.63, 3.8) is 0 Å². The molecular formula is C29H24N4O5. The summed E-state index contributed by atoms with van der Waals surface area (Å²) >= 11 is 0. The molecular weight excluding hydrogens is 484 g/mol. The molecule has 0 aromatic heterocycles. The van der Waals surface area contributed by atoms with Gasteiger partial charge in [-0.3, -0.25) is 14.4 Å². The molecule has 0 aliphatic carbocycles. The highest BCUT2D eigenvalue weighted by molar-refractivity contribution is 6.15. The lowest BCUT2D eigenvalue weighted by molar-refractivity contribution is -0.126. The minimum atomic E-state index is -1.20. The summed E-state index contributed by atoms with van der Waals surface area (Å²) in [5.74, 6) is -2.65. The molecule has 4 aromatic rings. The van der Waals surface area contributed by atoms with Gasteiger partial charge in [-0.15, -0.1) is 0 Å². The van der Waals surface area contributed by atoms with Crippen molar-refractivity contribution in [2.24, 2.45) is 5.73 Å². The van der Waals surface area contributed by atoms with E-state index in [-0.39, 0.29) is 17.0 Å². The summed E-state index contributed by atoms with van der Waals surface area (Å²) in [4.78, 5) is 50.4. The number of carbonyl (C=O) groups is 4. The maximum absolute atomic E-state index is 13.2. The minimum absolute atomic E-state index is 0.0974. The fraction of sp³-hybridized carbons (Fsp3) is 0.0345. The van der Waals surface area contributed by atoms with Crippen molar-refractivity contribution in [2.75, 3.05) is 16.0 Å². The third-order valence-corrected chi connectivity index (χ3v) is 5.46. The highest BCUT2D eigenvalue weighted by Crippen LogP contribution is 2.26. The summed E-state index contributed by atoms with van der Waals surface area (Å²) in [5, 5.41) is 8.20. The van der Waals surface area contributed by atoms with Gasteiger partial charge in [0.25, 0.3) is 5.91 Å². The van der Waals surface area contributed by atoms with Gasteiger partial charge in [0.2, 0.25) is 11.8 Å². The number of primary amides is 1. The van der Waals surface area contributed by atoms with E-state index in [1.54, 1.807) is 78.9 Å². The fourth-order valence-corrected chi connectivity index (χ4v) is 3.68. The number of hydrogen-bond acceptors (Lipinski definition) is 5. The molecule has 9 heteroatoms. The lowest BCUT2D eigenvalue weighted by atomic mass is 9.95. The van der Waals surface area contributed by atoms with Crippen LogP contribution in [0.2, 0.25) is 0 Å². The Labute approximate surface area is 218 Å². The number of ether oxygens (including phenoxy) is 1. The van der Waals surface area contributed by atoms with Gasteiger partial charge in [-0.05, 0) is 54.1 Å². The van der Waals surface area contributed by atoms with Crippen LogP contribution >= 0.6 is 0 Å². The molecule has 4 rings (SSSR count). The van der Waals surface area contributed by atoms with Gasteiger partial charge in [0.1, 0.15) is 5.92 Å². The molecule has 0 aliphatic heterocycles. The monoisotopic (exact) mass is 508 g/mol. The number of hydrogen-bond donors (Lipinski definition) is 4. The summed E-state index contributed by atoms with van der Waals surface area (Å²) in [5.41, 5.74) is 7.08. The van der Waals surface area contributed by atoms with Crippen LogP contribution in [0.25, 0.3) is 0 Å². The van der Waals surface area contributed by atoms with E-state index in [2.05, 4.69) is 16.0 Å². The zero-order valence-electron chi connectivity index (χ0n) is 20.1. The molecule has 0 spiro atoms. The van der Waals surface area contributed by atoms with Gasteiger partial charge in [-0.1, -0.05) is 60.7 Å². The van der Waals surface area contributed by atoms with Gasteiger partial charge in [0, 0.05) is 16.9 Å². The van der Waals surface area contributed by atoms with Crippen molar-refractivity contribution >= 4 is 40.9 Å². The zero-order valence-corrected chi connectivity index (χ0v) is 20.1. The molecule has 0 saturated carbocycles. The van der Waals surface area contributed by atoms with E-state index in [1.807, 2.05) is 12.1 Å². The molecule has 190 valence electrons. The molecule has 5 N–H and O–H groups in total. The molecule has 0 bridgehead atoms. The molecule has 0 atom stereocenters.